The first kappa shape index (κ1) is 11.6. The number of nitrogens with zero attached hydrogens (tertiary/aromatic N) is 3. The van der Waals surface area contributed by atoms with Gasteiger partial charge in [-0.1, -0.05) is 28.1 Å². The molecule has 1 heterocycles. The third kappa shape index (κ3) is 3.26. The summed E-state index contributed by atoms with van der Waals surface area (Å²) in [6.45, 7) is 0.667. The molecule has 84 valence electrons. The quantitative estimate of drug-likeness (QED) is 0.943. The third-order valence-electron chi connectivity index (χ3n) is 2.13. The van der Waals surface area contributed by atoms with Crippen molar-refractivity contribution in [2.24, 2.45) is 0 Å². The normalized spacial score (nSPS) is 9.65. The van der Waals surface area contributed by atoms with Crippen molar-refractivity contribution in [2.45, 2.75) is 6.54 Å². The molecular formula is C12H9BrN4. The van der Waals surface area contributed by atoms with Crippen molar-refractivity contribution >= 4 is 21.7 Å². The lowest BCUT2D eigenvalue weighted by atomic mass is 10.2. The van der Waals surface area contributed by atoms with Gasteiger partial charge in [-0.05, 0) is 17.7 Å². The molecule has 0 atom stereocenters. The smallest absolute Gasteiger partial charge is 0.158 e. The standard InChI is InChI=1S/C12H9BrN4/c13-10-3-1-2-9(4-10)6-16-12-8-15-11(5-14)7-17-12/h1-4,7-8H,6H2,(H,16,17). The van der Waals surface area contributed by atoms with E-state index in [0.717, 1.165) is 10.0 Å². The van der Waals surface area contributed by atoms with Crippen LogP contribution < -0.4 is 5.32 Å². The van der Waals surface area contributed by atoms with Gasteiger partial charge in [0.1, 0.15) is 11.9 Å². The van der Waals surface area contributed by atoms with Crippen molar-refractivity contribution in [3.63, 3.8) is 0 Å². The zero-order chi connectivity index (χ0) is 12.1. The molecule has 2 aromatic rings. The summed E-state index contributed by atoms with van der Waals surface area (Å²) in [6.07, 6.45) is 3.00. The summed E-state index contributed by atoms with van der Waals surface area (Å²) in [5.74, 6) is 0.656. The molecule has 0 aliphatic rings. The van der Waals surface area contributed by atoms with E-state index >= 15 is 0 Å². The molecule has 0 saturated heterocycles. The van der Waals surface area contributed by atoms with E-state index in [0.29, 0.717) is 18.1 Å². The Balaban J connectivity index is 2.00. The first-order valence-corrected chi connectivity index (χ1v) is 5.78. The molecule has 0 saturated carbocycles. The van der Waals surface area contributed by atoms with Crippen LogP contribution in [0.2, 0.25) is 0 Å². The van der Waals surface area contributed by atoms with E-state index < -0.39 is 0 Å². The largest absolute Gasteiger partial charge is 0.365 e. The van der Waals surface area contributed by atoms with E-state index in [4.69, 9.17) is 5.26 Å². The minimum atomic E-state index is 0.318. The fraction of sp³-hybridized carbons (Fsp3) is 0.0833. The fourth-order valence-electron chi connectivity index (χ4n) is 1.32. The number of benzene rings is 1. The number of rotatable bonds is 3. The van der Waals surface area contributed by atoms with Crippen LogP contribution >= 0.6 is 15.9 Å². The van der Waals surface area contributed by atoms with Crippen molar-refractivity contribution < 1.29 is 0 Å². The van der Waals surface area contributed by atoms with Gasteiger partial charge in [-0.25, -0.2) is 9.97 Å². The number of nitrogens with one attached hydrogen (secondary N) is 1. The molecule has 1 aromatic carbocycles. The van der Waals surface area contributed by atoms with Crippen LogP contribution in [0.25, 0.3) is 0 Å². The number of aromatic nitrogens is 2. The summed E-state index contributed by atoms with van der Waals surface area (Å²) in [5, 5.41) is 11.7. The lowest BCUT2D eigenvalue weighted by molar-refractivity contribution is 1.08. The Morgan fingerprint density at radius 2 is 2.18 bits per heavy atom. The van der Waals surface area contributed by atoms with Crippen LogP contribution in [0.3, 0.4) is 0 Å². The number of anilines is 1. The van der Waals surface area contributed by atoms with Gasteiger partial charge in [0.25, 0.3) is 0 Å². The van der Waals surface area contributed by atoms with Crippen LogP contribution in [0.4, 0.5) is 5.82 Å². The highest BCUT2D eigenvalue weighted by Crippen LogP contribution is 2.12. The zero-order valence-electron chi connectivity index (χ0n) is 8.89. The van der Waals surface area contributed by atoms with Crippen molar-refractivity contribution in [2.75, 3.05) is 5.32 Å². The molecule has 0 fully saturated rings. The van der Waals surface area contributed by atoms with Crippen LogP contribution in [-0.4, -0.2) is 9.97 Å². The minimum Gasteiger partial charge on any atom is -0.365 e. The Morgan fingerprint density at radius 3 is 2.82 bits per heavy atom. The number of nitriles is 1. The summed E-state index contributed by atoms with van der Waals surface area (Å²) in [4.78, 5) is 8.01. The van der Waals surface area contributed by atoms with E-state index in [1.807, 2.05) is 30.3 Å². The predicted octanol–water partition coefficient (Wildman–Crippen LogP) is 2.72. The monoisotopic (exact) mass is 288 g/mol. The summed E-state index contributed by atoms with van der Waals surface area (Å²) in [5.41, 5.74) is 1.46. The molecule has 4 nitrogen and oxygen atoms in total. The Hall–Kier alpha value is -1.93. The Morgan fingerprint density at radius 1 is 1.29 bits per heavy atom. The molecule has 0 aliphatic heterocycles. The maximum absolute atomic E-state index is 8.59. The Bertz CT molecular complexity index is 545. The molecule has 1 N–H and O–H groups in total. The van der Waals surface area contributed by atoms with E-state index in [1.165, 1.54) is 6.20 Å². The molecular weight excluding hydrogens is 280 g/mol. The SMILES string of the molecule is N#Cc1cnc(NCc2cccc(Br)c2)cn1. The topological polar surface area (TPSA) is 61.6 Å². The van der Waals surface area contributed by atoms with Gasteiger partial charge in [0.05, 0.1) is 12.4 Å². The van der Waals surface area contributed by atoms with Crippen molar-refractivity contribution in [1.29, 1.82) is 5.26 Å². The van der Waals surface area contributed by atoms with Crippen LogP contribution in [-0.2, 0) is 6.54 Å². The maximum atomic E-state index is 8.59. The lowest BCUT2D eigenvalue weighted by Gasteiger charge is -2.05. The van der Waals surface area contributed by atoms with E-state index in [9.17, 15) is 0 Å². The second kappa shape index (κ2) is 5.41. The second-order valence-electron chi connectivity index (χ2n) is 3.38. The van der Waals surface area contributed by atoms with Crippen molar-refractivity contribution in [1.82, 2.24) is 9.97 Å². The van der Waals surface area contributed by atoms with Gasteiger partial charge in [0.2, 0.25) is 0 Å². The van der Waals surface area contributed by atoms with E-state index in [1.54, 1.807) is 6.20 Å². The van der Waals surface area contributed by atoms with Gasteiger partial charge in [0.15, 0.2) is 5.69 Å². The first-order valence-electron chi connectivity index (χ1n) is 4.98. The van der Waals surface area contributed by atoms with E-state index in [-0.39, 0.29) is 0 Å². The Labute approximate surface area is 107 Å². The van der Waals surface area contributed by atoms with Gasteiger partial charge < -0.3 is 5.32 Å². The molecule has 0 aliphatic carbocycles. The fourth-order valence-corrected chi connectivity index (χ4v) is 1.76. The van der Waals surface area contributed by atoms with Gasteiger partial charge >= 0.3 is 0 Å². The molecule has 17 heavy (non-hydrogen) atoms. The highest BCUT2D eigenvalue weighted by molar-refractivity contribution is 9.10. The predicted molar refractivity (Wildman–Crippen MR) is 68.2 cm³/mol. The molecule has 1 aromatic heterocycles. The number of hydrogen-bond acceptors (Lipinski definition) is 4. The number of halogens is 1. The number of hydrogen-bond donors (Lipinski definition) is 1. The molecule has 0 radical (unpaired) electrons. The summed E-state index contributed by atoms with van der Waals surface area (Å²) in [6, 6.07) is 9.94. The Kier molecular flexibility index (Phi) is 3.68. The van der Waals surface area contributed by atoms with Crippen molar-refractivity contribution in [3.05, 3.63) is 52.4 Å². The third-order valence-corrected chi connectivity index (χ3v) is 2.62. The molecule has 2 rings (SSSR count). The first-order chi connectivity index (χ1) is 8.28. The average molecular weight is 289 g/mol. The van der Waals surface area contributed by atoms with Crippen LogP contribution in [0.15, 0.2) is 41.1 Å². The van der Waals surface area contributed by atoms with Crippen molar-refractivity contribution in [3.8, 4) is 6.07 Å². The second-order valence-corrected chi connectivity index (χ2v) is 4.30. The van der Waals surface area contributed by atoms with Gasteiger partial charge in [-0.2, -0.15) is 5.26 Å². The highest BCUT2D eigenvalue weighted by Gasteiger charge is 1.97. The van der Waals surface area contributed by atoms with Gasteiger partial charge in [-0.15, -0.1) is 0 Å². The highest BCUT2D eigenvalue weighted by atomic mass is 79.9. The minimum absolute atomic E-state index is 0.318. The van der Waals surface area contributed by atoms with Crippen LogP contribution in [0, 0.1) is 11.3 Å². The molecule has 5 heteroatoms. The van der Waals surface area contributed by atoms with E-state index in [2.05, 4.69) is 31.2 Å². The molecule has 0 bridgehead atoms. The zero-order valence-corrected chi connectivity index (χ0v) is 10.5. The molecule has 0 amide bonds. The molecule has 0 unspecified atom stereocenters. The van der Waals surface area contributed by atoms with Gasteiger partial charge in [-0.3, -0.25) is 0 Å². The van der Waals surface area contributed by atoms with Gasteiger partial charge in [0, 0.05) is 11.0 Å². The lowest BCUT2D eigenvalue weighted by Crippen LogP contribution is -2.02. The van der Waals surface area contributed by atoms with Crippen LogP contribution in [0.5, 0.6) is 0 Å². The average Bonchev–Trinajstić information content (AvgIpc) is 2.37. The maximum Gasteiger partial charge on any atom is 0.158 e. The van der Waals surface area contributed by atoms with Crippen LogP contribution in [0.1, 0.15) is 11.3 Å². The molecule has 0 spiro atoms. The summed E-state index contributed by atoms with van der Waals surface area (Å²) >= 11 is 3.42. The summed E-state index contributed by atoms with van der Waals surface area (Å²) < 4.78 is 1.04. The summed E-state index contributed by atoms with van der Waals surface area (Å²) in [7, 11) is 0.